The number of methoxy groups -OCH3 is 1. The van der Waals surface area contributed by atoms with Gasteiger partial charge in [0.2, 0.25) is 0 Å². The minimum atomic E-state index is -3.56. The predicted molar refractivity (Wildman–Crippen MR) is 108 cm³/mol. The van der Waals surface area contributed by atoms with Crippen LogP contribution in [0.5, 0.6) is 5.75 Å². The molecule has 0 radical (unpaired) electrons. The summed E-state index contributed by atoms with van der Waals surface area (Å²) >= 11 is 12.1. The quantitative estimate of drug-likeness (QED) is 0.707. The molecule has 1 unspecified atom stereocenters. The summed E-state index contributed by atoms with van der Waals surface area (Å²) in [6.07, 6.45) is 2.91. The SMILES string of the molecule is COc1ccc(N2NC(c3ccc(Cl)c(Cl)c3)=CC2COS(C)(=O)=O)cc1. The van der Waals surface area contributed by atoms with Gasteiger partial charge >= 0.3 is 0 Å². The number of benzene rings is 2. The Morgan fingerprint density at radius 2 is 1.81 bits per heavy atom. The number of rotatable bonds is 6. The third-order valence-corrected chi connectivity index (χ3v) is 5.27. The molecule has 0 amide bonds. The van der Waals surface area contributed by atoms with Crippen LogP contribution in [0.1, 0.15) is 5.56 Å². The molecule has 0 saturated carbocycles. The Balaban J connectivity index is 1.90. The zero-order chi connectivity index (χ0) is 19.6. The van der Waals surface area contributed by atoms with E-state index in [4.69, 9.17) is 32.1 Å². The van der Waals surface area contributed by atoms with Crippen LogP contribution in [-0.4, -0.2) is 34.4 Å². The van der Waals surface area contributed by atoms with E-state index in [0.29, 0.717) is 10.0 Å². The lowest BCUT2D eigenvalue weighted by molar-refractivity contribution is 0.306. The van der Waals surface area contributed by atoms with Crippen LogP contribution in [0.15, 0.2) is 48.5 Å². The van der Waals surface area contributed by atoms with Crippen LogP contribution in [0.4, 0.5) is 5.69 Å². The first-order chi connectivity index (χ1) is 12.8. The zero-order valence-electron chi connectivity index (χ0n) is 14.6. The second-order valence-corrected chi connectivity index (χ2v) is 8.40. The fourth-order valence-corrected chi connectivity index (χ4v) is 3.34. The summed E-state index contributed by atoms with van der Waals surface area (Å²) in [5.74, 6) is 0.722. The summed E-state index contributed by atoms with van der Waals surface area (Å²) in [6, 6.07) is 12.3. The molecular formula is C18H18Cl2N2O4S. The van der Waals surface area contributed by atoms with Gasteiger partial charge in [0.25, 0.3) is 10.1 Å². The van der Waals surface area contributed by atoms with Crippen molar-refractivity contribution in [2.75, 3.05) is 25.0 Å². The van der Waals surface area contributed by atoms with Crippen LogP contribution in [0.25, 0.3) is 5.70 Å². The van der Waals surface area contributed by atoms with E-state index in [1.165, 1.54) is 0 Å². The van der Waals surface area contributed by atoms with Gasteiger partial charge < -0.3 is 4.74 Å². The van der Waals surface area contributed by atoms with Crippen LogP contribution < -0.4 is 15.2 Å². The maximum absolute atomic E-state index is 11.4. The van der Waals surface area contributed by atoms with E-state index in [1.54, 1.807) is 19.2 Å². The van der Waals surface area contributed by atoms with Crippen molar-refractivity contribution < 1.29 is 17.3 Å². The summed E-state index contributed by atoms with van der Waals surface area (Å²) in [5.41, 5.74) is 5.69. The summed E-state index contributed by atoms with van der Waals surface area (Å²) in [4.78, 5) is 0. The van der Waals surface area contributed by atoms with E-state index < -0.39 is 10.1 Å². The topological polar surface area (TPSA) is 67.9 Å². The standard InChI is InChI=1S/C18H18Cl2N2O4S/c1-25-15-6-4-13(5-7-15)22-14(11-26-27(2,23)24)10-18(21-22)12-3-8-16(19)17(20)9-12/h3-10,14,21H,11H2,1-2H3. The van der Waals surface area contributed by atoms with Gasteiger partial charge in [-0.25, -0.2) is 0 Å². The number of halogens is 2. The van der Waals surface area contributed by atoms with Gasteiger partial charge in [-0.3, -0.25) is 14.6 Å². The lowest BCUT2D eigenvalue weighted by atomic mass is 10.1. The van der Waals surface area contributed by atoms with Crippen molar-refractivity contribution in [2.45, 2.75) is 6.04 Å². The number of hydrogen-bond acceptors (Lipinski definition) is 6. The predicted octanol–water partition coefficient (Wildman–Crippen LogP) is 3.71. The van der Waals surface area contributed by atoms with Crippen molar-refractivity contribution in [3.05, 3.63) is 64.1 Å². The Kier molecular flexibility index (Phi) is 5.86. The van der Waals surface area contributed by atoms with E-state index in [2.05, 4.69) is 5.43 Å². The second-order valence-electron chi connectivity index (χ2n) is 5.95. The molecule has 0 saturated heterocycles. The minimum absolute atomic E-state index is 0.0390. The fourth-order valence-electron chi connectivity index (χ4n) is 2.66. The maximum Gasteiger partial charge on any atom is 0.264 e. The molecule has 0 aromatic heterocycles. The lowest BCUT2D eigenvalue weighted by Gasteiger charge is -2.27. The van der Waals surface area contributed by atoms with E-state index in [-0.39, 0.29) is 12.6 Å². The van der Waals surface area contributed by atoms with Gasteiger partial charge in [-0.15, -0.1) is 0 Å². The van der Waals surface area contributed by atoms with Gasteiger partial charge in [-0.1, -0.05) is 29.3 Å². The second kappa shape index (κ2) is 7.98. The highest BCUT2D eigenvalue weighted by Crippen LogP contribution is 2.30. The van der Waals surface area contributed by atoms with Crippen molar-refractivity contribution in [3.63, 3.8) is 0 Å². The lowest BCUT2D eigenvalue weighted by Crippen LogP contribution is -2.41. The average Bonchev–Trinajstić information content (AvgIpc) is 3.06. The molecule has 2 aromatic carbocycles. The minimum Gasteiger partial charge on any atom is -0.497 e. The van der Waals surface area contributed by atoms with Crippen molar-refractivity contribution in [1.29, 1.82) is 0 Å². The highest BCUT2D eigenvalue weighted by atomic mass is 35.5. The average molecular weight is 429 g/mol. The molecule has 9 heteroatoms. The van der Waals surface area contributed by atoms with Gasteiger partial charge in [0.15, 0.2) is 0 Å². The Hall–Kier alpha value is -1.93. The molecule has 144 valence electrons. The smallest absolute Gasteiger partial charge is 0.264 e. The van der Waals surface area contributed by atoms with Gasteiger partial charge in [0, 0.05) is 5.56 Å². The molecule has 3 rings (SSSR count). The molecule has 27 heavy (non-hydrogen) atoms. The summed E-state index contributed by atoms with van der Waals surface area (Å²) in [6.45, 7) is -0.0390. The Morgan fingerprint density at radius 3 is 2.41 bits per heavy atom. The van der Waals surface area contributed by atoms with Gasteiger partial charge in [0.1, 0.15) is 5.75 Å². The highest BCUT2D eigenvalue weighted by Gasteiger charge is 2.27. The highest BCUT2D eigenvalue weighted by molar-refractivity contribution is 7.85. The summed E-state index contributed by atoms with van der Waals surface area (Å²) < 4.78 is 33.0. The number of ether oxygens (including phenoxy) is 1. The molecule has 0 fully saturated rings. The Morgan fingerprint density at radius 1 is 1.11 bits per heavy atom. The Labute approximate surface area is 168 Å². The molecule has 2 aromatic rings. The monoisotopic (exact) mass is 428 g/mol. The van der Waals surface area contributed by atoms with Crippen molar-refractivity contribution >= 4 is 44.7 Å². The van der Waals surface area contributed by atoms with Crippen molar-refractivity contribution in [2.24, 2.45) is 0 Å². The van der Waals surface area contributed by atoms with Crippen LogP contribution in [0.3, 0.4) is 0 Å². The first-order valence-electron chi connectivity index (χ1n) is 7.98. The number of anilines is 1. The van der Waals surface area contributed by atoms with E-state index in [0.717, 1.165) is 29.0 Å². The van der Waals surface area contributed by atoms with Gasteiger partial charge in [0.05, 0.1) is 47.4 Å². The number of nitrogens with one attached hydrogen (secondary N) is 1. The van der Waals surface area contributed by atoms with Crippen molar-refractivity contribution in [1.82, 2.24) is 5.43 Å². The maximum atomic E-state index is 11.4. The first-order valence-corrected chi connectivity index (χ1v) is 10.6. The Bertz CT molecular complexity index is 962. The van der Waals surface area contributed by atoms with Crippen LogP contribution >= 0.6 is 23.2 Å². The molecule has 0 aliphatic carbocycles. The molecule has 0 bridgehead atoms. The molecule has 1 aliphatic rings. The van der Waals surface area contributed by atoms with Gasteiger partial charge in [-0.2, -0.15) is 8.42 Å². The third kappa shape index (κ3) is 4.87. The molecule has 0 spiro atoms. The van der Waals surface area contributed by atoms with E-state index >= 15 is 0 Å². The van der Waals surface area contributed by atoms with Crippen molar-refractivity contribution in [3.8, 4) is 5.75 Å². The summed E-state index contributed by atoms with van der Waals surface area (Å²) in [5, 5.41) is 2.72. The number of hydrazine groups is 1. The van der Waals surface area contributed by atoms with Gasteiger partial charge in [-0.05, 0) is 42.5 Å². The molecule has 1 N–H and O–H groups in total. The normalized spacial score (nSPS) is 16.8. The number of nitrogens with zero attached hydrogens (tertiary/aromatic N) is 1. The summed E-state index contributed by atoms with van der Waals surface area (Å²) in [7, 11) is -1.97. The first kappa shape index (κ1) is 19.8. The van der Waals surface area contributed by atoms with E-state index in [9.17, 15) is 8.42 Å². The number of hydrogen-bond donors (Lipinski definition) is 1. The molecule has 1 aliphatic heterocycles. The molecule has 1 atom stereocenters. The van der Waals surface area contributed by atoms with Crippen LogP contribution in [-0.2, 0) is 14.3 Å². The third-order valence-electron chi connectivity index (χ3n) is 3.97. The molecule has 6 nitrogen and oxygen atoms in total. The largest absolute Gasteiger partial charge is 0.497 e. The zero-order valence-corrected chi connectivity index (χ0v) is 17.0. The fraction of sp³-hybridized carbons (Fsp3) is 0.222. The molecule has 1 heterocycles. The van der Waals surface area contributed by atoms with Crippen LogP contribution in [0, 0.1) is 0 Å². The molecular weight excluding hydrogens is 411 g/mol. The van der Waals surface area contributed by atoms with E-state index in [1.807, 2.05) is 41.4 Å². The van der Waals surface area contributed by atoms with Crippen LogP contribution in [0.2, 0.25) is 10.0 Å².